The fourth-order valence-corrected chi connectivity index (χ4v) is 6.61. The van der Waals surface area contributed by atoms with Crippen LogP contribution in [0, 0.1) is 11.8 Å². The summed E-state index contributed by atoms with van der Waals surface area (Å²) < 4.78 is 0. The molecule has 1 saturated carbocycles. The van der Waals surface area contributed by atoms with Gasteiger partial charge in [-0.15, -0.1) is 0 Å². The molecule has 0 spiro atoms. The van der Waals surface area contributed by atoms with E-state index < -0.39 is 0 Å². The van der Waals surface area contributed by atoms with E-state index in [1.807, 2.05) is 0 Å². The molecule has 2 aromatic rings. The van der Waals surface area contributed by atoms with Gasteiger partial charge in [-0.25, -0.2) is 0 Å². The highest BCUT2D eigenvalue weighted by molar-refractivity contribution is 5.59. The molecule has 0 radical (unpaired) electrons. The molecule has 0 heterocycles. The number of allylic oxidation sites excluding steroid dienone is 9. The van der Waals surface area contributed by atoms with Gasteiger partial charge < -0.3 is 9.80 Å². The standard InChI is InChI=1S/C45H64N2/c1-7-12-14-16-36-46(38(6)18-9-3)44-32-28-41(29-33-44)26-24-39-20-22-40(23-21-39)25-27-42-30-34-45(35-31-42)47(37-17-15-13-8-2)43(11-5)19-10-4/h8,12-14,18-19,24-35,39-40H,7,9-11,15-17,20-23,36-37H2,1-6H3/b13-8-,14-12-,26-24+,27-25+,38-18+,43-19+. The summed E-state index contributed by atoms with van der Waals surface area (Å²) in [7, 11) is 0. The minimum Gasteiger partial charge on any atom is -0.345 e. The summed E-state index contributed by atoms with van der Waals surface area (Å²) in [4.78, 5) is 4.98. The van der Waals surface area contributed by atoms with E-state index in [2.05, 4.69) is 161 Å². The molecule has 1 aliphatic rings. The van der Waals surface area contributed by atoms with Crippen molar-refractivity contribution in [3.8, 4) is 0 Å². The third-order valence-corrected chi connectivity index (χ3v) is 9.33. The van der Waals surface area contributed by atoms with Gasteiger partial charge in [0.1, 0.15) is 0 Å². The number of hydrogen-bond donors (Lipinski definition) is 0. The molecular formula is C45H64N2. The summed E-state index contributed by atoms with van der Waals surface area (Å²) in [5, 5.41) is 0. The van der Waals surface area contributed by atoms with Gasteiger partial charge in [0.15, 0.2) is 0 Å². The van der Waals surface area contributed by atoms with Gasteiger partial charge in [0, 0.05) is 35.9 Å². The highest BCUT2D eigenvalue weighted by Gasteiger charge is 2.17. The van der Waals surface area contributed by atoms with Crippen LogP contribution in [0.15, 0.2) is 109 Å². The first kappa shape index (κ1) is 37.9. The first-order valence-corrected chi connectivity index (χ1v) is 18.8. The normalized spacial score (nSPS) is 17.9. The van der Waals surface area contributed by atoms with E-state index >= 15 is 0 Å². The zero-order chi connectivity index (χ0) is 33.7. The molecule has 0 unspecified atom stereocenters. The van der Waals surface area contributed by atoms with E-state index in [9.17, 15) is 0 Å². The largest absolute Gasteiger partial charge is 0.345 e. The topological polar surface area (TPSA) is 6.48 Å². The molecule has 2 nitrogen and oxygen atoms in total. The Hall–Kier alpha value is -3.52. The van der Waals surface area contributed by atoms with Gasteiger partial charge in [0.2, 0.25) is 0 Å². The van der Waals surface area contributed by atoms with Crippen molar-refractivity contribution in [2.75, 3.05) is 22.9 Å². The SMILES string of the molecule is C/C=C\CCCN(/C(=C/CC)CC)c1ccc(/C=C/C2CCC(/C=C/c3ccc(N(CC/C=C\CC)/C(C)=C/CC)cc3)CC2)cc1. The zero-order valence-electron chi connectivity index (χ0n) is 30.6. The minimum absolute atomic E-state index is 0.679. The Bertz CT molecular complexity index is 1310. The first-order chi connectivity index (χ1) is 23.0. The van der Waals surface area contributed by atoms with E-state index in [0.29, 0.717) is 11.8 Å². The van der Waals surface area contributed by atoms with Gasteiger partial charge >= 0.3 is 0 Å². The number of benzene rings is 2. The second-order valence-corrected chi connectivity index (χ2v) is 13.0. The van der Waals surface area contributed by atoms with Crippen LogP contribution < -0.4 is 9.80 Å². The number of anilines is 2. The summed E-state index contributed by atoms with van der Waals surface area (Å²) in [6, 6.07) is 18.4. The van der Waals surface area contributed by atoms with Crippen molar-refractivity contribution < 1.29 is 0 Å². The van der Waals surface area contributed by atoms with Crippen molar-refractivity contribution >= 4 is 23.5 Å². The predicted molar refractivity (Wildman–Crippen MR) is 212 cm³/mol. The Morgan fingerprint density at radius 3 is 1.68 bits per heavy atom. The van der Waals surface area contributed by atoms with Crippen LogP contribution in [0.3, 0.4) is 0 Å². The Morgan fingerprint density at radius 1 is 0.638 bits per heavy atom. The molecule has 1 fully saturated rings. The molecule has 0 aromatic heterocycles. The smallest absolute Gasteiger partial charge is 0.0408 e. The van der Waals surface area contributed by atoms with Gasteiger partial charge in [-0.3, -0.25) is 0 Å². The summed E-state index contributed by atoms with van der Waals surface area (Å²) >= 11 is 0. The maximum Gasteiger partial charge on any atom is 0.0408 e. The molecule has 0 bridgehead atoms. The van der Waals surface area contributed by atoms with E-state index in [-0.39, 0.29) is 0 Å². The van der Waals surface area contributed by atoms with E-state index in [1.54, 1.807) is 0 Å². The molecule has 254 valence electrons. The van der Waals surface area contributed by atoms with Crippen LogP contribution in [0.5, 0.6) is 0 Å². The monoisotopic (exact) mass is 633 g/mol. The van der Waals surface area contributed by atoms with Gasteiger partial charge in [-0.05, 0) is 132 Å². The third kappa shape index (κ3) is 13.3. The highest BCUT2D eigenvalue weighted by atomic mass is 15.1. The zero-order valence-corrected chi connectivity index (χ0v) is 30.6. The lowest BCUT2D eigenvalue weighted by Crippen LogP contribution is -2.23. The second-order valence-electron chi connectivity index (χ2n) is 13.0. The average molecular weight is 633 g/mol. The number of rotatable bonds is 19. The Labute approximate surface area is 289 Å². The minimum atomic E-state index is 0.679. The molecular weight excluding hydrogens is 569 g/mol. The predicted octanol–water partition coefficient (Wildman–Crippen LogP) is 13.6. The lowest BCUT2D eigenvalue weighted by Gasteiger charge is -2.27. The second kappa shape index (κ2) is 22.1. The van der Waals surface area contributed by atoms with Gasteiger partial charge in [-0.2, -0.15) is 0 Å². The molecule has 0 amide bonds. The van der Waals surface area contributed by atoms with Gasteiger partial charge in [0.25, 0.3) is 0 Å². The van der Waals surface area contributed by atoms with E-state index in [4.69, 9.17) is 0 Å². The summed E-state index contributed by atoms with van der Waals surface area (Å²) in [5.41, 5.74) is 7.98. The van der Waals surface area contributed by atoms with Crippen LogP contribution in [0.2, 0.25) is 0 Å². The van der Waals surface area contributed by atoms with Crippen LogP contribution in [0.25, 0.3) is 12.2 Å². The number of nitrogens with zero attached hydrogens (tertiary/aromatic N) is 2. The number of unbranched alkanes of at least 4 members (excludes halogenated alkanes) is 1. The van der Waals surface area contributed by atoms with Crippen LogP contribution in [0.1, 0.15) is 123 Å². The van der Waals surface area contributed by atoms with Crippen molar-refractivity contribution in [1.82, 2.24) is 0 Å². The molecule has 1 aliphatic carbocycles. The molecule has 2 heteroatoms. The lowest BCUT2D eigenvalue weighted by atomic mass is 9.81. The van der Waals surface area contributed by atoms with Crippen molar-refractivity contribution in [3.63, 3.8) is 0 Å². The van der Waals surface area contributed by atoms with Crippen molar-refractivity contribution in [3.05, 3.63) is 120 Å². The van der Waals surface area contributed by atoms with E-state index in [1.165, 1.54) is 66.0 Å². The lowest BCUT2D eigenvalue weighted by molar-refractivity contribution is 0.358. The molecule has 3 rings (SSSR count). The van der Waals surface area contributed by atoms with Crippen molar-refractivity contribution in [1.29, 1.82) is 0 Å². The molecule has 47 heavy (non-hydrogen) atoms. The molecule has 0 atom stereocenters. The fraction of sp³-hybridized carbons (Fsp3) is 0.467. The Balaban J connectivity index is 1.53. The number of hydrogen-bond acceptors (Lipinski definition) is 2. The van der Waals surface area contributed by atoms with E-state index in [0.717, 1.165) is 51.6 Å². The maximum absolute atomic E-state index is 2.53. The van der Waals surface area contributed by atoms with Crippen molar-refractivity contribution in [2.45, 2.75) is 112 Å². The quantitative estimate of drug-likeness (QED) is 0.112. The molecule has 0 aliphatic heterocycles. The Morgan fingerprint density at radius 2 is 1.19 bits per heavy atom. The molecule has 2 aromatic carbocycles. The third-order valence-electron chi connectivity index (χ3n) is 9.33. The highest BCUT2D eigenvalue weighted by Crippen LogP contribution is 2.32. The van der Waals surface area contributed by atoms with Gasteiger partial charge in [-0.1, -0.05) is 113 Å². The van der Waals surface area contributed by atoms with Crippen LogP contribution in [-0.2, 0) is 0 Å². The van der Waals surface area contributed by atoms with Gasteiger partial charge in [0.05, 0.1) is 0 Å². The summed E-state index contributed by atoms with van der Waals surface area (Å²) in [5.74, 6) is 1.36. The fourth-order valence-electron chi connectivity index (χ4n) is 6.61. The molecule has 0 N–H and O–H groups in total. The van der Waals surface area contributed by atoms with Crippen LogP contribution in [-0.4, -0.2) is 13.1 Å². The Kier molecular flexibility index (Phi) is 17.9. The summed E-state index contributed by atoms with van der Waals surface area (Å²) in [6.07, 6.45) is 36.1. The summed E-state index contributed by atoms with van der Waals surface area (Å²) in [6.45, 7) is 15.3. The molecule has 0 saturated heterocycles. The van der Waals surface area contributed by atoms with Crippen LogP contribution >= 0.6 is 0 Å². The first-order valence-electron chi connectivity index (χ1n) is 18.8. The van der Waals surface area contributed by atoms with Crippen LogP contribution in [0.4, 0.5) is 11.4 Å². The maximum atomic E-state index is 2.53. The van der Waals surface area contributed by atoms with Crippen molar-refractivity contribution in [2.24, 2.45) is 11.8 Å². The average Bonchev–Trinajstić information content (AvgIpc) is 3.10.